The van der Waals surface area contributed by atoms with Crippen molar-refractivity contribution in [3.05, 3.63) is 58.6 Å². The summed E-state index contributed by atoms with van der Waals surface area (Å²) in [6.45, 7) is 1.92. The van der Waals surface area contributed by atoms with E-state index >= 15 is 0 Å². The van der Waals surface area contributed by atoms with Crippen LogP contribution in [0.5, 0.6) is 5.75 Å². The van der Waals surface area contributed by atoms with Crippen molar-refractivity contribution in [2.45, 2.75) is 17.9 Å². The third-order valence-corrected chi connectivity index (χ3v) is 4.82. The molecule has 1 N–H and O–H groups in total. The number of hydrogen-bond acceptors (Lipinski definition) is 3. The van der Waals surface area contributed by atoms with Gasteiger partial charge >= 0.3 is 0 Å². The molecule has 1 atom stereocenters. The van der Waals surface area contributed by atoms with Gasteiger partial charge in [0.2, 0.25) is 5.91 Å². The Hall–Kier alpha value is -1.46. The molecule has 2 rings (SSSR count). The van der Waals surface area contributed by atoms with Crippen molar-refractivity contribution in [3.8, 4) is 5.75 Å². The highest BCUT2D eigenvalue weighted by atomic mass is 79.9. The number of thioether (sulfide) groups is 1. The Kier molecular flexibility index (Phi) is 6.34. The van der Waals surface area contributed by atoms with Crippen molar-refractivity contribution in [3.63, 3.8) is 0 Å². The molecule has 0 bridgehead atoms. The average molecular weight is 380 g/mol. The third-order valence-electron chi connectivity index (χ3n) is 3.12. The topological polar surface area (TPSA) is 38.3 Å². The molecule has 116 valence electrons. The summed E-state index contributed by atoms with van der Waals surface area (Å²) in [6, 6.07) is 15.5. The second-order valence-electron chi connectivity index (χ2n) is 4.80. The lowest BCUT2D eigenvalue weighted by Gasteiger charge is -2.12. The molecule has 3 nitrogen and oxygen atoms in total. The Balaban J connectivity index is 1.86. The van der Waals surface area contributed by atoms with Crippen LogP contribution in [0.1, 0.15) is 12.5 Å². The Labute approximate surface area is 143 Å². The smallest absolute Gasteiger partial charge is 0.237 e. The summed E-state index contributed by atoms with van der Waals surface area (Å²) in [6.07, 6.45) is 0. The van der Waals surface area contributed by atoms with E-state index in [1.807, 2.05) is 43.3 Å². The summed E-state index contributed by atoms with van der Waals surface area (Å²) in [5.41, 5.74) is 1.98. The predicted molar refractivity (Wildman–Crippen MR) is 96.5 cm³/mol. The van der Waals surface area contributed by atoms with Gasteiger partial charge in [0.15, 0.2) is 0 Å². The van der Waals surface area contributed by atoms with E-state index in [1.165, 1.54) is 5.56 Å². The predicted octanol–water partition coefficient (Wildman–Crippen LogP) is 4.72. The fraction of sp³-hybridized carbons (Fsp3) is 0.235. The van der Waals surface area contributed by atoms with Crippen molar-refractivity contribution in [2.75, 3.05) is 12.4 Å². The van der Waals surface area contributed by atoms with Crippen LogP contribution in [0.3, 0.4) is 0 Å². The largest absolute Gasteiger partial charge is 0.497 e. The van der Waals surface area contributed by atoms with Gasteiger partial charge in [-0.1, -0.05) is 28.1 Å². The van der Waals surface area contributed by atoms with E-state index in [9.17, 15) is 4.79 Å². The molecular weight excluding hydrogens is 362 g/mol. The van der Waals surface area contributed by atoms with Crippen LogP contribution in [0.2, 0.25) is 0 Å². The van der Waals surface area contributed by atoms with Gasteiger partial charge in [-0.25, -0.2) is 0 Å². The van der Waals surface area contributed by atoms with Crippen LogP contribution in [0, 0.1) is 0 Å². The van der Waals surface area contributed by atoms with E-state index in [4.69, 9.17) is 4.74 Å². The summed E-state index contributed by atoms with van der Waals surface area (Å²) < 4.78 is 6.15. The molecule has 0 aliphatic heterocycles. The number of anilines is 1. The highest BCUT2D eigenvalue weighted by Gasteiger charge is 2.13. The van der Waals surface area contributed by atoms with Crippen LogP contribution in [-0.4, -0.2) is 18.3 Å². The molecule has 0 saturated heterocycles. The van der Waals surface area contributed by atoms with Crippen LogP contribution in [0.4, 0.5) is 5.69 Å². The molecule has 0 spiro atoms. The number of ether oxygens (including phenoxy) is 1. The summed E-state index contributed by atoms with van der Waals surface area (Å²) in [4.78, 5) is 12.2. The monoisotopic (exact) mass is 379 g/mol. The molecule has 0 heterocycles. The normalized spacial score (nSPS) is 11.8. The van der Waals surface area contributed by atoms with Crippen LogP contribution in [0.25, 0.3) is 0 Å². The van der Waals surface area contributed by atoms with Crippen LogP contribution >= 0.6 is 27.7 Å². The zero-order valence-electron chi connectivity index (χ0n) is 12.5. The van der Waals surface area contributed by atoms with Gasteiger partial charge in [-0.15, -0.1) is 11.8 Å². The molecule has 0 saturated carbocycles. The number of carbonyl (C=O) groups excluding carboxylic acids is 1. The second-order valence-corrected chi connectivity index (χ2v) is 7.05. The second kappa shape index (κ2) is 8.25. The lowest BCUT2D eigenvalue weighted by molar-refractivity contribution is -0.115. The SMILES string of the molecule is COc1ccc(NC(=O)[C@@H](C)SCc2cccc(Br)c2)cc1. The highest BCUT2D eigenvalue weighted by Crippen LogP contribution is 2.22. The molecular formula is C17H18BrNO2S. The fourth-order valence-corrected chi connectivity index (χ4v) is 3.12. The van der Waals surface area contributed by atoms with Crippen molar-refractivity contribution < 1.29 is 9.53 Å². The van der Waals surface area contributed by atoms with E-state index in [0.717, 1.165) is 21.7 Å². The van der Waals surface area contributed by atoms with Crippen molar-refractivity contribution in [1.29, 1.82) is 0 Å². The molecule has 22 heavy (non-hydrogen) atoms. The highest BCUT2D eigenvalue weighted by molar-refractivity contribution is 9.10. The molecule has 1 amide bonds. The number of methoxy groups -OCH3 is 1. The molecule has 0 aromatic heterocycles. The first-order chi connectivity index (χ1) is 10.6. The van der Waals surface area contributed by atoms with Gasteiger partial charge in [-0.2, -0.15) is 0 Å². The molecule has 0 aliphatic rings. The Morgan fingerprint density at radius 3 is 2.64 bits per heavy atom. The maximum Gasteiger partial charge on any atom is 0.237 e. The first-order valence-corrected chi connectivity index (χ1v) is 8.73. The minimum Gasteiger partial charge on any atom is -0.497 e. The number of amides is 1. The van der Waals surface area contributed by atoms with Gasteiger partial charge in [0.05, 0.1) is 12.4 Å². The molecule has 5 heteroatoms. The van der Waals surface area contributed by atoms with Gasteiger partial charge in [-0.05, 0) is 48.9 Å². The summed E-state index contributed by atoms with van der Waals surface area (Å²) in [5.74, 6) is 1.58. The van der Waals surface area contributed by atoms with Crippen molar-refractivity contribution >= 4 is 39.3 Å². The first kappa shape index (κ1) is 16.9. The summed E-state index contributed by atoms with van der Waals surface area (Å²) in [5, 5.41) is 2.79. The molecule has 0 fully saturated rings. The number of rotatable bonds is 6. The van der Waals surface area contributed by atoms with E-state index in [0.29, 0.717) is 0 Å². The first-order valence-electron chi connectivity index (χ1n) is 6.89. The fourth-order valence-electron chi connectivity index (χ4n) is 1.84. The third kappa shape index (κ3) is 5.07. The van der Waals surface area contributed by atoms with E-state index in [2.05, 4.69) is 33.4 Å². The maximum absolute atomic E-state index is 12.2. The van der Waals surface area contributed by atoms with Gasteiger partial charge in [0.1, 0.15) is 5.75 Å². The van der Waals surface area contributed by atoms with Crippen molar-refractivity contribution in [2.24, 2.45) is 0 Å². The van der Waals surface area contributed by atoms with E-state index in [1.54, 1.807) is 18.9 Å². The molecule has 0 aliphatic carbocycles. The lowest BCUT2D eigenvalue weighted by atomic mass is 10.2. The number of nitrogens with one attached hydrogen (secondary N) is 1. The number of benzene rings is 2. The van der Waals surface area contributed by atoms with Crippen LogP contribution < -0.4 is 10.1 Å². The summed E-state index contributed by atoms with van der Waals surface area (Å²) in [7, 11) is 1.62. The standard InChI is InChI=1S/C17H18BrNO2S/c1-12(22-11-13-4-3-5-14(18)10-13)17(20)19-15-6-8-16(21-2)9-7-15/h3-10,12H,11H2,1-2H3,(H,19,20)/t12-/m1/s1. The maximum atomic E-state index is 12.2. The molecule has 2 aromatic carbocycles. The number of halogens is 1. The Morgan fingerprint density at radius 1 is 1.27 bits per heavy atom. The van der Waals surface area contributed by atoms with Crippen LogP contribution in [0.15, 0.2) is 53.0 Å². The zero-order chi connectivity index (χ0) is 15.9. The molecule has 2 aromatic rings. The van der Waals surface area contributed by atoms with Gasteiger partial charge in [0, 0.05) is 15.9 Å². The minimum absolute atomic E-state index is 0.00478. The van der Waals surface area contributed by atoms with Crippen LogP contribution in [-0.2, 0) is 10.5 Å². The van der Waals surface area contributed by atoms with Gasteiger partial charge < -0.3 is 10.1 Å². The van der Waals surface area contributed by atoms with E-state index < -0.39 is 0 Å². The lowest BCUT2D eigenvalue weighted by Crippen LogP contribution is -2.22. The Morgan fingerprint density at radius 2 is 2.00 bits per heavy atom. The van der Waals surface area contributed by atoms with Crippen molar-refractivity contribution in [1.82, 2.24) is 0 Å². The van der Waals surface area contributed by atoms with Gasteiger partial charge in [0.25, 0.3) is 0 Å². The summed E-state index contributed by atoms with van der Waals surface area (Å²) >= 11 is 5.07. The zero-order valence-corrected chi connectivity index (χ0v) is 14.9. The Bertz CT molecular complexity index is 631. The van der Waals surface area contributed by atoms with Gasteiger partial charge in [-0.3, -0.25) is 4.79 Å². The number of carbonyl (C=O) groups is 1. The molecule has 0 radical (unpaired) electrons. The van der Waals surface area contributed by atoms with E-state index in [-0.39, 0.29) is 11.2 Å². The minimum atomic E-state index is -0.124. The molecule has 0 unspecified atom stereocenters. The average Bonchev–Trinajstić information content (AvgIpc) is 2.53. The number of hydrogen-bond donors (Lipinski definition) is 1. The quantitative estimate of drug-likeness (QED) is 0.788.